The van der Waals surface area contributed by atoms with Gasteiger partial charge in [-0.25, -0.2) is 0 Å². The number of nitrogens with zero attached hydrogens (tertiary/aromatic N) is 2. The number of carbonyl (C=O) groups excluding carboxylic acids is 2. The van der Waals surface area contributed by atoms with Crippen LogP contribution in [-0.4, -0.2) is 67.5 Å². The predicted molar refractivity (Wildman–Crippen MR) is 103 cm³/mol. The van der Waals surface area contributed by atoms with Gasteiger partial charge < -0.3 is 15.0 Å². The molecule has 0 aromatic heterocycles. The lowest BCUT2D eigenvalue weighted by atomic mass is 10.2. The summed E-state index contributed by atoms with van der Waals surface area (Å²) in [5.41, 5.74) is 0.993. The Hall–Kier alpha value is -1.79. The van der Waals surface area contributed by atoms with Crippen LogP contribution in [0.2, 0.25) is 5.02 Å². The first kappa shape index (κ1) is 20.5. The molecule has 1 aliphatic rings. The highest BCUT2D eigenvalue weighted by Gasteiger charge is 2.21. The maximum absolute atomic E-state index is 12.3. The molecule has 0 aliphatic carbocycles. The summed E-state index contributed by atoms with van der Waals surface area (Å²) >= 11 is 5.93. The molecule has 0 radical (unpaired) electrons. The van der Waals surface area contributed by atoms with Gasteiger partial charge in [0.25, 0.3) is 0 Å². The number of likely N-dealkylation sites (N-methyl/N-ethyl adjacent to an activating group) is 1. The third-order valence-electron chi connectivity index (χ3n) is 4.40. The zero-order valence-corrected chi connectivity index (χ0v) is 16.3. The fourth-order valence-corrected chi connectivity index (χ4v) is 3.18. The molecule has 1 aromatic rings. The number of benzene rings is 1. The second kappa shape index (κ2) is 10.4. The molecule has 1 saturated heterocycles. The van der Waals surface area contributed by atoms with E-state index in [4.69, 9.17) is 16.3 Å². The molecule has 0 spiro atoms. The van der Waals surface area contributed by atoms with Crippen LogP contribution in [0.1, 0.15) is 25.3 Å². The molecule has 1 aliphatic heterocycles. The van der Waals surface area contributed by atoms with Crippen LogP contribution in [0.4, 0.5) is 0 Å². The first-order valence-electron chi connectivity index (χ1n) is 9.15. The zero-order valence-electron chi connectivity index (χ0n) is 15.6. The first-order chi connectivity index (χ1) is 12.5. The number of rotatable bonds is 8. The van der Waals surface area contributed by atoms with E-state index in [9.17, 15) is 9.59 Å². The Balaban J connectivity index is 1.64. The van der Waals surface area contributed by atoms with Gasteiger partial charge in [-0.1, -0.05) is 11.6 Å². The summed E-state index contributed by atoms with van der Waals surface area (Å²) in [5.74, 6) is 1.00. The van der Waals surface area contributed by atoms with Gasteiger partial charge in [-0.3, -0.25) is 14.5 Å². The van der Waals surface area contributed by atoms with Gasteiger partial charge in [0.15, 0.2) is 0 Å². The van der Waals surface area contributed by atoms with Crippen LogP contribution in [0, 0.1) is 6.92 Å². The number of hydrogen-bond donors (Lipinski definition) is 1. The van der Waals surface area contributed by atoms with Gasteiger partial charge in [0, 0.05) is 44.2 Å². The average molecular weight is 382 g/mol. The molecule has 6 nitrogen and oxygen atoms in total. The molecule has 0 unspecified atom stereocenters. The molecule has 1 heterocycles. The number of carbonyl (C=O) groups is 2. The van der Waals surface area contributed by atoms with Crippen molar-refractivity contribution >= 4 is 23.4 Å². The molecule has 1 aromatic carbocycles. The van der Waals surface area contributed by atoms with E-state index in [-0.39, 0.29) is 11.8 Å². The average Bonchev–Trinajstić information content (AvgIpc) is 2.61. The van der Waals surface area contributed by atoms with Gasteiger partial charge in [-0.05, 0) is 44.0 Å². The first-order valence-corrected chi connectivity index (χ1v) is 9.53. The van der Waals surface area contributed by atoms with E-state index >= 15 is 0 Å². The van der Waals surface area contributed by atoms with Crippen molar-refractivity contribution in [1.82, 2.24) is 15.1 Å². The molecule has 2 amide bonds. The molecular formula is C19H28ClN3O3. The zero-order chi connectivity index (χ0) is 18.9. The SMILES string of the molecule is CCNC(=O)CN1CCN(C(=O)CCCOc2ccc(Cl)cc2C)CC1. The summed E-state index contributed by atoms with van der Waals surface area (Å²) in [7, 11) is 0. The van der Waals surface area contributed by atoms with Gasteiger partial charge in [0.2, 0.25) is 11.8 Å². The van der Waals surface area contributed by atoms with Crippen LogP contribution in [-0.2, 0) is 9.59 Å². The van der Waals surface area contributed by atoms with Crippen molar-refractivity contribution in [3.05, 3.63) is 28.8 Å². The number of piperazine rings is 1. The quantitative estimate of drug-likeness (QED) is 0.700. The van der Waals surface area contributed by atoms with Crippen molar-refractivity contribution in [1.29, 1.82) is 0 Å². The van der Waals surface area contributed by atoms with Gasteiger partial charge in [0.1, 0.15) is 5.75 Å². The summed E-state index contributed by atoms with van der Waals surface area (Å²) in [5, 5.41) is 3.49. The Bertz CT molecular complexity index is 616. The summed E-state index contributed by atoms with van der Waals surface area (Å²) in [6, 6.07) is 5.52. The molecule has 0 atom stereocenters. The predicted octanol–water partition coefficient (Wildman–Crippen LogP) is 2.09. The minimum Gasteiger partial charge on any atom is -0.493 e. The molecule has 0 saturated carbocycles. The summed E-state index contributed by atoms with van der Waals surface area (Å²) in [6.45, 7) is 8.25. The number of amides is 2. The smallest absolute Gasteiger partial charge is 0.234 e. The lowest BCUT2D eigenvalue weighted by molar-refractivity contribution is -0.133. The van der Waals surface area contributed by atoms with Crippen LogP contribution in [0.15, 0.2) is 18.2 Å². The van der Waals surface area contributed by atoms with Gasteiger partial charge in [-0.2, -0.15) is 0 Å². The van der Waals surface area contributed by atoms with E-state index in [0.717, 1.165) is 24.4 Å². The highest BCUT2D eigenvalue weighted by molar-refractivity contribution is 6.30. The van der Waals surface area contributed by atoms with E-state index in [2.05, 4.69) is 10.2 Å². The molecule has 0 bridgehead atoms. The van der Waals surface area contributed by atoms with E-state index < -0.39 is 0 Å². The maximum atomic E-state index is 12.3. The van der Waals surface area contributed by atoms with Crippen LogP contribution < -0.4 is 10.1 Å². The Labute approximate surface area is 160 Å². The topological polar surface area (TPSA) is 61.9 Å². The fraction of sp³-hybridized carbons (Fsp3) is 0.579. The normalized spacial score (nSPS) is 15.0. The highest BCUT2D eigenvalue weighted by atomic mass is 35.5. The van der Waals surface area contributed by atoms with Gasteiger partial charge in [-0.15, -0.1) is 0 Å². The number of hydrogen-bond acceptors (Lipinski definition) is 4. The molecule has 26 heavy (non-hydrogen) atoms. The lowest BCUT2D eigenvalue weighted by Crippen LogP contribution is -2.51. The van der Waals surface area contributed by atoms with Crippen molar-refractivity contribution in [3.63, 3.8) is 0 Å². The third kappa shape index (κ3) is 6.50. The van der Waals surface area contributed by atoms with Crippen LogP contribution >= 0.6 is 11.6 Å². The highest BCUT2D eigenvalue weighted by Crippen LogP contribution is 2.22. The largest absolute Gasteiger partial charge is 0.493 e. The Kier molecular flexibility index (Phi) is 8.19. The Morgan fingerprint density at radius 1 is 1.23 bits per heavy atom. The Morgan fingerprint density at radius 2 is 1.96 bits per heavy atom. The molecular weight excluding hydrogens is 354 g/mol. The minimum absolute atomic E-state index is 0.0434. The van der Waals surface area contributed by atoms with Crippen LogP contribution in [0.5, 0.6) is 5.75 Å². The number of halogens is 1. The van der Waals surface area contributed by atoms with Crippen molar-refractivity contribution in [2.24, 2.45) is 0 Å². The second-order valence-electron chi connectivity index (χ2n) is 6.47. The van der Waals surface area contributed by atoms with Crippen LogP contribution in [0.25, 0.3) is 0 Å². The molecule has 1 N–H and O–H groups in total. The van der Waals surface area contributed by atoms with Crippen molar-refractivity contribution in [3.8, 4) is 5.75 Å². The third-order valence-corrected chi connectivity index (χ3v) is 4.63. The maximum Gasteiger partial charge on any atom is 0.234 e. The molecule has 144 valence electrons. The van der Waals surface area contributed by atoms with Crippen molar-refractivity contribution < 1.29 is 14.3 Å². The van der Waals surface area contributed by atoms with E-state index in [1.807, 2.05) is 30.9 Å². The number of ether oxygens (including phenoxy) is 1. The van der Waals surface area contributed by atoms with Gasteiger partial charge in [0.05, 0.1) is 13.2 Å². The monoisotopic (exact) mass is 381 g/mol. The molecule has 2 rings (SSSR count). The molecule has 1 fully saturated rings. The van der Waals surface area contributed by atoms with E-state index in [0.29, 0.717) is 50.7 Å². The second-order valence-corrected chi connectivity index (χ2v) is 6.91. The Morgan fingerprint density at radius 3 is 2.62 bits per heavy atom. The molecule has 7 heteroatoms. The summed E-state index contributed by atoms with van der Waals surface area (Å²) in [4.78, 5) is 27.9. The summed E-state index contributed by atoms with van der Waals surface area (Å²) < 4.78 is 5.73. The number of nitrogens with one attached hydrogen (secondary N) is 1. The van der Waals surface area contributed by atoms with E-state index in [1.54, 1.807) is 6.07 Å². The van der Waals surface area contributed by atoms with Crippen molar-refractivity contribution in [2.45, 2.75) is 26.7 Å². The van der Waals surface area contributed by atoms with Crippen molar-refractivity contribution in [2.75, 3.05) is 45.9 Å². The van der Waals surface area contributed by atoms with Gasteiger partial charge >= 0.3 is 0 Å². The van der Waals surface area contributed by atoms with Crippen LogP contribution in [0.3, 0.4) is 0 Å². The minimum atomic E-state index is 0.0434. The summed E-state index contributed by atoms with van der Waals surface area (Å²) in [6.07, 6.45) is 1.16. The van der Waals surface area contributed by atoms with E-state index in [1.165, 1.54) is 0 Å². The number of aryl methyl sites for hydroxylation is 1. The standard InChI is InChI=1S/C19H28ClN3O3/c1-3-21-18(24)14-22-8-10-23(11-9-22)19(25)5-4-12-26-17-7-6-16(20)13-15(17)2/h6-7,13H,3-5,8-12,14H2,1-2H3,(H,21,24). The lowest BCUT2D eigenvalue weighted by Gasteiger charge is -2.34. The fourth-order valence-electron chi connectivity index (χ4n) is 2.95.